The van der Waals surface area contributed by atoms with Gasteiger partial charge in [0.15, 0.2) is 0 Å². The van der Waals surface area contributed by atoms with Crippen LogP contribution in [-0.2, 0) is 4.79 Å². The molecular formula is C10H18N2O3S. The van der Waals surface area contributed by atoms with E-state index in [1.54, 1.807) is 11.9 Å². The van der Waals surface area contributed by atoms with Gasteiger partial charge < -0.3 is 14.9 Å². The summed E-state index contributed by atoms with van der Waals surface area (Å²) in [5.41, 5.74) is 0. The van der Waals surface area contributed by atoms with Crippen LogP contribution in [0.2, 0.25) is 0 Å². The molecule has 1 saturated heterocycles. The Bertz CT molecular complexity index is 285. The van der Waals surface area contributed by atoms with Crippen LogP contribution in [0, 0.1) is 0 Å². The Hall–Kier alpha value is -0.910. The topological polar surface area (TPSA) is 60.9 Å². The van der Waals surface area contributed by atoms with E-state index in [-0.39, 0.29) is 12.1 Å². The van der Waals surface area contributed by atoms with E-state index in [4.69, 9.17) is 5.11 Å². The van der Waals surface area contributed by atoms with E-state index in [2.05, 4.69) is 0 Å². The fourth-order valence-corrected chi connectivity index (χ4v) is 2.64. The maximum atomic E-state index is 12.0. The van der Waals surface area contributed by atoms with Gasteiger partial charge in [-0.15, -0.1) is 11.8 Å². The van der Waals surface area contributed by atoms with Crippen molar-refractivity contribution in [3.05, 3.63) is 0 Å². The van der Waals surface area contributed by atoms with Crippen molar-refractivity contribution in [2.45, 2.75) is 32.4 Å². The number of nitrogens with zero attached hydrogens (tertiary/aromatic N) is 2. The number of carboxylic acids is 1. The minimum Gasteiger partial charge on any atom is -0.480 e. The normalized spacial score (nSPS) is 21.9. The van der Waals surface area contributed by atoms with E-state index in [1.165, 1.54) is 16.7 Å². The van der Waals surface area contributed by atoms with Gasteiger partial charge >= 0.3 is 12.0 Å². The second-order valence-corrected chi connectivity index (χ2v) is 4.97. The van der Waals surface area contributed by atoms with Gasteiger partial charge in [-0.05, 0) is 13.3 Å². The van der Waals surface area contributed by atoms with Crippen LogP contribution >= 0.6 is 11.8 Å². The standard InChI is InChI=1S/C10H18N2O3S/c1-4-7(2)11(3)10(15)12-6-16-5-8(12)9(13)14/h7-8H,4-6H2,1-3H3,(H,13,14). The first-order valence-electron chi connectivity index (χ1n) is 5.33. The maximum Gasteiger partial charge on any atom is 0.327 e. The van der Waals surface area contributed by atoms with Crippen LogP contribution in [0.4, 0.5) is 4.79 Å². The van der Waals surface area contributed by atoms with E-state index < -0.39 is 12.0 Å². The van der Waals surface area contributed by atoms with E-state index in [0.717, 1.165) is 6.42 Å². The number of hydrogen-bond donors (Lipinski definition) is 1. The molecule has 1 heterocycles. The van der Waals surface area contributed by atoms with Crippen LogP contribution in [0.1, 0.15) is 20.3 Å². The molecule has 2 amide bonds. The molecule has 6 heteroatoms. The number of carbonyl (C=O) groups excluding carboxylic acids is 1. The van der Waals surface area contributed by atoms with E-state index in [0.29, 0.717) is 11.6 Å². The summed E-state index contributed by atoms with van der Waals surface area (Å²) >= 11 is 1.48. The Morgan fingerprint density at radius 1 is 1.62 bits per heavy atom. The van der Waals surface area contributed by atoms with Crippen LogP contribution in [0.25, 0.3) is 0 Å². The Labute approximate surface area is 99.8 Å². The zero-order chi connectivity index (χ0) is 12.3. The third-order valence-electron chi connectivity index (χ3n) is 2.97. The molecule has 0 aromatic carbocycles. The first kappa shape index (κ1) is 13.2. The Morgan fingerprint density at radius 2 is 2.25 bits per heavy atom. The van der Waals surface area contributed by atoms with Crippen LogP contribution in [0.5, 0.6) is 0 Å². The third kappa shape index (κ3) is 2.61. The van der Waals surface area contributed by atoms with Gasteiger partial charge in [0.1, 0.15) is 6.04 Å². The van der Waals surface area contributed by atoms with Gasteiger partial charge in [-0.2, -0.15) is 0 Å². The highest BCUT2D eigenvalue weighted by atomic mass is 32.2. The quantitative estimate of drug-likeness (QED) is 0.815. The number of hydrogen-bond acceptors (Lipinski definition) is 3. The summed E-state index contributed by atoms with van der Waals surface area (Å²) in [5.74, 6) is 0.0299. The minimum atomic E-state index is -0.920. The molecule has 2 unspecified atom stereocenters. The predicted octanol–water partition coefficient (Wildman–Crippen LogP) is 1.30. The lowest BCUT2D eigenvalue weighted by Gasteiger charge is -2.30. The molecule has 5 nitrogen and oxygen atoms in total. The first-order valence-corrected chi connectivity index (χ1v) is 6.48. The molecule has 92 valence electrons. The molecule has 1 N–H and O–H groups in total. The molecule has 0 spiro atoms. The lowest BCUT2D eigenvalue weighted by atomic mass is 10.2. The zero-order valence-electron chi connectivity index (χ0n) is 9.84. The van der Waals surface area contributed by atoms with Crippen molar-refractivity contribution < 1.29 is 14.7 Å². The molecule has 0 aromatic rings. The highest BCUT2D eigenvalue weighted by Gasteiger charge is 2.36. The molecule has 1 aliphatic rings. The van der Waals surface area contributed by atoms with Crippen molar-refractivity contribution in [3.63, 3.8) is 0 Å². The second-order valence-electron chi connectivity index (χ2n) is 3.97. The van der Waals surface area contributed by atoms with E-state index in [9.17, 15) is 9.59 Å². The lowest BCUT2D eigenvalue weighted by Crippen LogP contribution is -2.49. The van der Waals surface area contributed by atoms with Gasteiger partial charge in [0.25, 0.3) is 0 Å². The molecule has 1 aliphatic heterocycles. The van der Waals surface area contributed by atoms with Crippen molar-refractivity contribution in [3.8, 4) is 0 Å². The summed E-state index contributed by atoms with van der Waals surface area (Å²) < 4.78 is 0. The van der Waals surface area contributed by atoms with Crippen LogP contribution in [0.3, 0.4) is 0 Å². The zero-order valence-corrected chi connectivity index (χ0v) is 10.7. The molecule has 1 rings (SSSR count). The molecule has 1 fully saturated rings. The Balaban J connectivity index is 2.69. The SMILES string of the molecule is CCC(C)N(C)C(=O)N1CSCC1C(=O)O. The monoisotopic (exact) mass is 246 g/mol. The summed E-state index contributed by atoms with van der Waals surface area (Å²) in [6.45, 7) is 3.96. The maximum absolute atomic E-state index is 12.0. The van der Waals surface area contributed by atoms with Gasteiger partial charge in [-0.1, -0.05) is 6.92 Å². The third-order valence-corrected chi connectivity index (χ3v) is 3.98. The highest BCUT2D eigenvalue weighted by molar-refractivity contribution is 7.99. The number of rotatable bonds is 3. The van der Waals surface area contributed by atoms with Crippen molar-refractivity contribution in [1.82, 2.24) is 9.80 Å². The van der Waals surface area contributed by atoms with Gasteiger partial charge in [0.2, 0.25) is 0 Å². The molecule has 0 radical (unpaired) electrons. The highest BCUT2D eigenvalue weighted by Crippen LogP contribution is 2.22. The molecule has 0 bridgehead atoms. The summed E-state index contributed by atoms with van der Waals surface area (Å²) in [7, 11) is 1.72. The summed E-state index contributed by atoms with van der Waals surface area (Å²) in [5, 5.41) is 8.98. The molecular weight excluding hydrogens is 228 g/mol. The predicted molar refractivity (Wildman–Crippen MR) is 63.5 cm³/mol. The lowest BCUT2D eigenvalue weighted by molar-refractivity contribution is -0.140. The summed E-state index contributed by atoms with van der Waals surface area (Å²) in [6.07, 6.45) is 0.862. The minimum absolute atomic E-state index is 0.132. The number of thioether (sulfide) groups is 1. The Kier molecular flexibility index (Phi) is 4.46. The summed E-state index contributed by atoms with van der Waals surface area (Å²) in [4.78, 5) is 26.0. The number of urea groups is 1. The van der Waals surface area contributed by atoms with Crippen molar-refractivity contribution >= 4 is 23.8 Å². The Morgan fingerprint density at radius 3 is 2.75 bits per heavy atom. The fraction of sp³-hybridized carbons (Fsp3) is 0.800. The van der Waals surface area contributed by atoms with Crippen molar-refractivity contribution in [1.29, 1.82) is 0 Å². The smallest absolute Gasteiger partial charge is 0.327 e. The van der Waals surface area contributed by atoms with Crippen LogP contribution in [-0.4, -0.2) is 57.7 Å². The molecule has 0 aromatic heterocycles. The fourth-order valence-electron chi connectivity index (χ4n) is 1.50. The van der Waals surface area contributed by atoms with Crippen molar-refractivity contribution in [2.24, 2.45) is 0 Å². The first-order chi connectivity index (χ1) is 7.49. The largest absolute Gasteiger partial charge is 0.480 e. The van der Waals surface area contributed by atoms with Crippen LogP contribution < -0.4 is 0 Å². The van der Waals surface area contributed by atoms with Gasteiger partial charge in [0, 0.05) is 18.8 Å². The van der Waals surface area contributed by atoms with Gasteiger partial charge in [0.05, 0.1) is 5.88 Å². The molecule has 2 atom stereocenters. The van der Waals surface area contributed by atoms with Gasteiger partial charge in [-0.3, -0.25) is 0 Å². The number of carboxylic acid groups (broad SMARTS) is 1. The number of carbonyl (C=O) groups is 2. The molecule has 0 saturated carbocycles. The number of aliphatic carboxylic acids is 1. The van der Waals surface area contributed by atoms with Crippen molar-refractivity contribution in [2.75, 3.05) is 18.7 Å². The molecule has 16 heavy (non-hydrogen) atoms. The average Bonchev–Trinajstić information content (AvgIpc) is 2.74. The average molecular weight is 246 g/mol. The van der Waals surface area contributed by atoms with E-state index in [1.807, 2.05) is 13.8 Å². The van der Waals surface area contributed by atoms with Gasteiger partial charge in [-0.25, -0.2) is 9.59 Å². The molecule has 0 aliphatic carbocycles. The van der Waals surface area contributed by atoms with E-state index >= 15 is 0 Å². The van der Waals surface area contributed by atoms with Crippen LogP contribution in [0.15, 0.2) is 0 Å². The second kappa shape index (κ2) is 5.43. The number of amides is 2. The summed E-state index contributed by atoms with van der Waals surface area (Å²) in [6, 6.07) is -0.733.